The van der Waals surface area contributed by atoms with Crippen LogP contribution in [-0.2, 0) is 18.4 Å². The Hall–Kier alpha value is -3.19. The van der Waals surface area contributed by atoms with Crippen molar-refractivity contribution in [2.75, 3.05) is 11.9 Å². The smallest absolute Gasteiger partial charge is 0.241 e. The molecule has 29 heavy (non-hydrogen) atoms. The van der Waals surface area contributed by atoms with Crippen molar-refractivity contribution in [3.63, 3.8) is 0 Å². The van der Waals surface area contributed by atoms with Crippen molar-refractivity contribution in [1.82, 2.24) is 19.4 Å². The number of hydrogen-bond acceptors (Lipinski definition) is 5. The Kier molecular flexibility index (Phi) is 5.57. The second-order valence-corrected chi connectivity index (χ2v) is 7.26. The summed E-state index contributed by atoms with van der Waals surface area (Å²) in [7, 11) is 2.01. The molecule has 0 unspecified atom stereocenters. The molecule has 1 aliphatic heterocycles. The topological polar surface area (TPSA) is 72.3 Å². The third-order valence-electron chi connectivity index (χ3n) is 5.36. The van der Waals surface area contributed by atoms with E-state index < -0.39 is 0 Å². The molecular weight excluding hydrogens is 366 g/mol. The summed E-state index contributed by atoms with van der Waals surface area (Å²) in [5.74, 6) is 2.19. The van der Waals surface area contributed by atoms with Crippen molar-refractivity contribution in [1.29, 1.82) is 0 Å². The fourth-order valence-corrected chi connectivity index (χ4v) is 3.63. The van der Waals surface area contributed by atoms with Crippen LogP contribution in [0.1, 0.15) is 24.4 Å². The third-order valence-corrected chi connectivity index (χ3v) is 5.36. The van der Waals surface area contributed by atoms with Crippen LogP contribution in [0.5, 0.6) is 11.5 Å². The van der Waals surface area contributed by atoms with Gasteiger partial charge in [-0.1, -0.05) is 12.1 Å². The lowest BCUT2D eigenvalue weighted by Gasteiger charge is -2.24. The average molecular weight is 391 g/mol. The SMILES string of the molecule is Cc1ncc(CN2CCC[C@H]2C(=O)Nc2ccccc2Oc2cccnc2)n1C. The van der Waals surface area contributed by atoms with Gasteiger partial charge in [-0.15, -0.1) is 0 Å². The molecule has 3 heterocycles. The van der Waals surface area contributed by atoms with Crippen molar-refractivity contribution in [3.05, 3.63) is 66.5 Å². The molecule has 0 radical (unpaired) electrons. The number of para-hydroxylation sites is 2. The summed E-state index contributed by atoms with van der Waals surface area (Å²) in [4.78, 5) is 23.7. The normalized spacial score (nSPS) is 16.7. The highest BCUT2D eigenvalue weighted by molar-refractivity contribution is 5.96. The van der Waals surface area contributed by atoms with Gasteiger partial charge in [0, 0.05) is 26.0 Å². The number of nitrogens with one attached hydrogen (secondary N) is 1. The van der Waals surface area contributed by atoms with Crippen molar-refractivity contribution in [2.24, 2.45) is 7.05 Å². The number of carbonyl (C=O) groups is 1. The summed E-state index contributed by atoms with van der Waals surface area (Å²) >= 11 is 0. The number of benzene rings is 1. The monoisotopic (exact) mass is 391 g/mol. The minimum Gasteiger partial charge on any atom is -0.454 e. The van der Waals surface area contributed by atoms with Crippen molar-refractivity contribution in [3.8, 4) is 11.5 Å². The first kappa shape index (κ1) is 19.1. The number of aryl methyl sites for hydroxylation is 1. The Morgan fingerprint density at radius 2 is 2.10 bits per heavy atom. The van der Waals surface area contributed by atoms with Gasteiger partial charge >= 0.3 is 0 Å². The molecule has 7 nitrogen and oxygen atoms in total. The van der Waals surface area contributed by atoms with E-state index >= 15 is 0 Å². The van der Waals surface area contributed by atoms with Gasteiger partial charge in [0.25, 0.3) is 0 Å². The standard InChI is InChI=1S/C22H25N5O2/c1-16-24-13-17(26(16)2)15-27-12-6-9-20(27)22(28)25-19-8-3-4-10-21(19)29-18-7-5-11-23-14-18/h3-5,7-8,10-11,13-14,20H,6,9,12,15H2,1-2H3,(H,25,28)/t20-/m0/s1. The van der Waals surface area contributed by atoms with E-state index in [1.165, 1.54) is 0 Å². The van der Waals surface area contributed by atoms with Gasteiger partial charge in [-0.2, -0.15) is 0 Å². The van der Waals surface area contributed by atoms with Crippen molar-refractivity contribution in [2.45, 2.75) is 32.4 Å². The number of aromatic nitrogens is 3. The van der Waals surface area contributed by atoms with Gasteiger partial charge in [-0.25, -0.2) is 4.98 Å². The molecule has 0 bridgehead atoms. The largest absolute Gasteiger partial charge is 0.454 e. The zero-order valence-electron chi connectivity index (χ0n) is 16.7. The van der Waals surface area contributed by atoms with Gasteiger partial charge < -0.3 is 14.6 Å². The van der Waals surface area contributed by atoms with E-state index in [2.05, 4.69) is 24.8 Å². The zero-order valence-corrected chi connectivity index (χ0v) is 16.7. The number of nitrogens with zero attached hydrogens (tertiary/aromatic N) is 4. The van der Waals surface area contributed by atoms with E-state index in [0.717, 1.165) is 30.9 Å². The molecule has 1 aromatic carbocycles. The number of carbonyl (C=O) groups excluding carboxylic acids is 1. The van der Waals surface area contributed by atoms with Gasteiger partial charge in [0.1, 0.15) is 11.6 Å². The number of amides is 1. The van der Waals surface area contributed by atoms with Gasteiger partial charge in [0.05, 0.1) is 23.6 Å². The number of imidazole rings is 1. The first-order chi connectivity index (χ1) is 14.1. The molecule has 1 fully saturated rings. The van der Waals surface area contributed by atoms with Gasteiger partial charge in [0.15, 0.2) is 5.75 Å². The molecule has 2 aromatic heterocycles. The van der Waals surface area contributed by atoms with E-state index in [1.54, 1.807) is 12.4 Å². The highest BCUT2D eigenvalue weighted by Crippen LogP contribution is 2.30. The summed E-state index contributed by atoms with van der Waals surface area (Å²) in [5, 5.41) is 3.06. The molecule has 1 amide bonds. The molecule has 0 aliphatic carbocycles. The molecule has 3 aromatic rings. The van der Waals surface area contributed by atoms with Crippen LogP contribution >= 0.6 is 0 Å². The predicted octanol–water partition coefficient (Wildman–Crippen LogP) is 3.52. The van der Waals surface area contributed by atoms with Crippen LogP contribution in [0.15, 0.2) is 55.0 Å². The predicted molar refractivity (Wildman–Crippen MR) is 111 cm³/mol. The Balaban J connectivity index is 1.47. The molecule has 0 saturated carbocycles. The quantitative estimate of drug-likeness (QED) is 0.696. The maximum Gasteiger partial charge on any atom is 0.241 e. The van der Waals surface area contributed by atoms with E-state index in [0.29, 0.717) is 23.7 Å². The number of hydrogen-bond donors (Lipinski definition) is 1. The molecule has 1 N–H and O–H groups in total. The van der Waals surface area contributed by atoms with Crippen LogP contribution in [0.2, 0.25) is 0 Å². The van der Waals surface area contributed by atoms with Gasteiger partial charge in [-0.05, 0) is 50.6 Å². The zero-order chi connectivity index (χ0) is 20.2. The lowest BCUT2D eigenvalue weighted by Crippen LogP contribution is -2.39. The molecular formula is C22H25N5O2. The molecule has 1 aliphatic rings. The third kappa shape index (κ3) is 4.30. The number of pyridine rings is 1. The Morgan fingerprint density at radius 1 is 1.24 bits per heavy atom. The molecule has 0 spiro atoms. The average Bonchev–Trinajstić information content (AvgIpc) is 3.32. The lowest BCUT2D eigenvalue weighted by molar-refractivity contribution is -0.120. The molecule has 150 valence electrons. The van der Waals surface area contributed by atoms with Crippen LogP contribution < -0.4 is 10.1 Å². The van der Waals surface area contributed by atoms with Crippen LogP contribution in [0.4, 0.5) is 5.69 Å². The molecule has 1 atom stereocenters. The second kappa shape index (κ2) is 8.45. The van der Waals surface area contributed by atoms with Crippen LogP contribution in [0.3, 0.4) is 0 Å². The van der Waals surface area contributed by atoms with E-state index in [9.17, 15) is 4.79 Å². The van der Waals surface area contributed by atoms with Crippen LogP contribution in [-0.4, -0.2) is 37.9 Å². The fraction of sp³-hybridized carbons (Fsp3) is 0.318. The van der Waals surface area contributed by atoms with Crippen molar-refractivity contribution >= 4 is 11.6 Å². The molecule has 4 rings (SSSR count). The number of ether oxygens (including phenoxy) is 1. The van der Waals surface area contributed by atoms with E-state index in [1.807, 2.05) is 56.6 Å². The maximum atomic E-state index is 13.1. The summed E-state index contributed by atoms with van der Waals surface area (Å²) in [5.41, 5.74) is 1.77. The molecule has 1 saturated heterocycles. The summed E-state index contributed by atoms with van der Waals surface area (Å²) in [6.45, 7) is 3.59. The lowest BCUT2D eigenvalue weighted by atomic mass is 10.2. The minimum atomic E-state index is -0.170. The van der Waals surface area contributed by atoms with Gasteiger partial charge in [-0.3, -0.25) is 14.7 Å². The Morgan fingerprint density at radius 3 is 2.86 bits per heavy atom. The number of likely N-dealkylation sites (tertiary alicyclic amines) is 1. The fourth-order valence-electron chi connectivity index (χ4n) is 3.63. The second-order valence-electron chi connectivity index (χ2n) is 7.26. The van der Waals surface area contributed by atoms with Crippen LogP contribution in [0, 0.1) is 6.92 Å². The summed E-state index contributed by atoms with van der Waals surface area (Å²) < 4.78 is 7.99. The summed E-state index contributed by atoms with van der Waals surface area (Å²) in [6.07, 6.45) is 7.07. The minimum absolute atomic E-state index is 0.0105. The first-order valence-corrected chi connectivity index (χ1v) is 9.81. The maximum absolute atomic E-state index is 13.1. The van der Waals surface area contributed by atoms with Gasteiger partial charge in [0.2, 0.25) is 5.91 Å². The highest BCUT2D eigenvalue weighted by atomic mass is 16.5. The summed E-state index contributed by atoms with van der Waals surface area (Å²) in [6, 6.07) is 10.9. The number of anilines is 1. The van der Waals surface area contributed by atoms with E-state index in [4.69, 9.17) is 4.74 Å². The number of rotatable bonds is 6. The Bertz CT molecular complexity index is 986. The van der Waals surface area contributed by atoms with E-state index in [-0.39, 0.29) is 11.9 Å². The first-order valence-electron chi connectivity index (χ1n) is 9.81. The Labute approximate surface area is 170 Å². The van der Waals surface area contributed by atoms with Crippen molar-refractivity contribution < 1.29 is 9.53 Å². The highest BCUT2D eigenvalue weighted by Gasteiger charge is 2.31. The molecule has 7 heteroatoms. The van der Waals surface area contributed by atoms with Crippen LogP contribution in [0.25, 0.3) is 0 Å².